The molecule has 0 atom stereocenters. The van der Waals surface area contributed by atoms with E-state index in [1.54, 1.807) is 36.7 Å². The first kappa shape index (κ1) is 30.7. The van der Waals surface area contributed by atoms with Crippen LogP contribution in [0.5, 0.6) is 0 Å². The lowest BCUT2D eigenvalue weighted by atomic mass is 10.1. The summed E-state index contributed by atoms with van der Waals surface area (Å²) in [7, 11) is 0. The van der Waals surface area contributed by atoms with E-state index in [2.05, 4.69) is 19.9 Å². The van der Waals surface area contributed by atoms with Crippen LogP contribution in [0, 0.1) is 21.6 Å². The van der Waals surface area contributed by atoms with E-state index in [-0.39, 0.29) is 20.2 Å². The molecule has 0 aliphatic carbocycles. The maximum Gasteiger partial charge on any atom is 0.119 e. The van der Waals surface area contributed by atoms with Crippen LogP contribution in [0.15, 0.2) is 122 Å². The zero-order valence-electron chi connectivity index (χ0n) is 25.0. The van der Waals surface area contributed by atoms with Crippen molar-refractivity contribution in [3.63, 3.8) is 0 Å². The number of rotatable bonds is 6. The lowest BCUT2D eigenvalue weighted by Crippen LogP contribution is -2.06. The predicted octanol–water partition coefficient (Wildman–Crippen LogP) is 7.87. The summed E-state index contributed by atoms with van der Waals surface area (Å²) in [6, 6.07) is 33.0. The second-order valence-electron chi connectivity index (χ2n) is 10.4. The zero-order valence-corrected chi connectivity index (χ0v) is 26.7. The number of aromatic nitrogens is 6. The molecular formula is C36H24N10S2. The molecule has 0 spiro atoms. The summed E-state index contributed by atoms with van der Waals surface area (Å²) in [6.07, 6.45) is 3.40. The van der Waals surface area contributed by atoms with E-state index in [1.165, 1.54) is 0 Å². The Morgan fingerprint density at radius 1 is 0.375 bits per heavy atom. The third kappa shape index (κ3) is 6.47. The standard InChI is InChI=1S/C36H24N10S2/c37-33(29-11-5-9-27(45-29)25-7-1-3-19-41-25)47-35(39)31-15-13-21-22-14-16-32(44-24(22)18-17-23(21)43-31)36(40)48-34(38)30-12-6-10-28(46-30)26-8-2-4-20-42-26/h1-20,37-40H. The molecule has 0 aliphatic heterocycles. The van der Waals surface area contributed by atoms with Crippen molar-refractivity contribution in [1.29, 1.82) is 21.6 Å². The van der Waals surface area contributed by atoms with Gasteiger partial charge in [0.2, 0.25) is 0 Å². The number of hydrogen-bond donors (Lipinski definition) is 4. The molecule has 0 saturated carbocycles. The Hall–Kier alpha value is -5.98. The Balaban J connectivity index is 1.06. The number of nitrogens with one attached hydrogen (secondary N) is 4. The van der Waals surface area contributed by atoms with E-state index in [4.69, 9.17) is 31.6 Å². The molecule has 12 heteroatoms. The second kappa shape index (κ2) is 13.4. The Bertz CT molecular complexity index is 2210. The van der Waals surface area contributed by atoms with Gasteiger partial charge in [-0.1, -0.05) is 24.3 Å². The maximum atomic E-state index is 8.67. The highest BCUT2D eigenvalue weighted by Gasteiger charge is 2.16. The molecule has 1 aromatic carbocycles. The van der Waals surface area contributed by atoms with Crippen LogP contribution >= 0.6 is 23.5 Å². The third-order valence-electron chi connectivity index (χ3n) is 7.23. The van der Waals surface area contributed by atoms with E-state index in [1.807, 2.05) is 84.9 Å². The predicted molar refractivity (Wildman–Crippen MR) is 194 cm³/mol. The molecule has 10 nitrogen and oxygen atoms in total. The fourth-order valence-electron chi connectivity index (χ4n) is 4.92. The van der Waals surface area contributed by atoms with E-state index in [0.29, 0.717) is 56.6 Å². The second-order valence-corrected chi connectivity index (χ2v) is 12.4. The smallest absolute Gasteiger partial charge is 0.119 e. The highest BCUT2D eigenvalue weighted by Crippen LogP contribution is 2.27. The van der Waals surface area contributed by atoms with Crippen molar-refractivity contribution in [3.05, 3.63) is 144 Å². The first-order valence-corrected chi connectivity index (χ1v) is 16.2. The summed E-state index contributed by atoms with van der Waals surface area (Å²) in [6.45, 7) is 0. The third-order valence-corrected chi connectivity index (χ3v) is 8.88. The van der Waals surface area contributed by atoms with Crippen LogP contribution in [0.25, 0.3) is 44.6 Å². The summed E-state index contributed by atoms with van der Waals surface area (Å²) < 4.78 is 0. The van der Waals surface area contributed by atoms with Gasteiger partial charge in [-0.25, -0.2) is 19.9 Å². The maximum absolute atomic E-state index is 8.67. The molecule has 7 aromatic rings. The van der Waals surface area contributed by atoms with E-state index < -0.39 is 0 Å². The summed E-state index contributed by atoms with van der Waals surface area (Å²) in [5, 5.41) is 36.8. The van der Waals surface area contributed by atoms with Crippen LogP contribution in [0.2, 0.25) is 0 Å². The Kier molecular flexibility index (Phi) is 8.56. The minimum atomic E-state index is 0.133. The fraction of sp³-hybridized carbons (Fsp3) is 0. The van der Waals surface area contributed by atoms with Crippen LogP contribution in [0.1, 0.15) is 22.8 Å². The molecule has 0 aliphatic rings. The highest BCUT2D eigenvalue weighted by molar-refractivity contribution is 8.27. The monoisotopic (exact) mass is 660 g/mol. The van der Waals surface area contributed by atoms with Gasteiger partial charge in [0.1, 0.15) is 20.2 Å². The summed E-state index contributed by atoms with van der Waals surface area (Å²) in [5.74, 6) is 0. The van der Waals surface area contributed by atoms with Gasteiger partial charge >= 0.3 is 0 Å². The first-order valence-electron chi connectivity index (χ1n) is 14.6. The molecule has 0 amide bonds. The van der Waals surface area contributed by atoms with Crippen molar-refractivity contribution in [1.82, 2.24) is 29.9 Å². The minimum absolute atomic E-state index is 0.133. The lowest BCUT2D eigenvalue weighted by Gasteiger charge is -2.10. The van der Waals surface area contributed by atoms with Gasteiger partial charge in [-0.3, -0.25) is 31.6 Å². The molecule has 0 fully saturated rings. The fourth-order valence-corrected chi connectivity index (χ4v) is 6.20. The number of thioether (sulfide) groups is 2. The number of nitrogens with zero attached hydrogens (tertiary/aromatic N) is 6. The molecule has 6 aromatic heterocycles. The average Bonchev–Trinajstić information content (AvgIpc) is 3.15. The molecule has 48 heavy (non-hydrogen) atoms. The van der Waals surface area contributed by atoms with Crippen molar-refractivity contribution in [3.8, 4) is 22.8 Å². The quantitative estimate of drug-likeness (QED) is 0.0792. The van der Waals surface area contributed by atoms with E-state index in [0.717, 1.165) is 34.3 Å². The Labute approximate surface area is 283 Å². The zero-order chi connectivity index (χ0) is 33.0. The van der Waals surface area contributed by atoms with Crippen LogP contribution in [-0.4, -0.2) is 50.1 Å². The van der Waals surface area contributed by atoms with Gasteiger partial charge in [-0.2, -0.15) is 0 Å². The van der Waals surface area contributed by atoms with Crippen molar-refractivity contribution in [2.75, 3.05) is 0 Å². The molecule has 7 rings (SSSR count). The van der Waals surface area contributed by atoms with Crippen LogP contribution < -0.4 is 0 Å². The van der Waals surface area contributed by atoms with Gasteiger partial charge in [0.25, 0.3) is 0 Å². The van der Waals surface area contributed by atoms with E-state index in [9.17, 15) is 0 Å². The Morgan fingerprint density at radius 3 is 1.17 bits per heavy atom. The summed E-state index contributed by atoms with van der Waals surface area (Å²) in [5.41, 5.74) is 5.92. The van der Waals surface area contributed by atoms with Crippen LogP contribution in [0.4, 0.5) is 0 Å². The molecular weight excluding hydrogens is 637 g/mol. The van der Waals surface area contributed by atoms with Crippen LogP contribution in [0.3, 0.4) is 0 Å². The summed E-state index contributed by atoms with van der Waals surface area (Å²) in [4.78, 5) is 27.2. The Morgan fingerprint density at radius 2 is 0.771 bits per heavy atom. The lowest BCUT2D eigenvalue weighted by molar-refractivity contribution is 1.23. The van der Waals surface area contributed by atoms with Gasteiger partial charge in [-0.05, 0) is 108 Å². The first-order chi connectivity index (χ1) is 23.4. The van der Waals surface area contributed by atoms with Crippen LogP contribution in [-0.2, 0) is 0 Å². The van der Waals surface area contributed by atoms with E-state index >= 15 is 0 Å². The normalized spacial score (nSPS) is 11.0. The van der Waals surface area contributed by atoms with Gasteiger partial charge < -0.3 is 0 Å². The van der Waals surface area contributed by atoms with Gasteiger partial charge in [0.15, 0.2) is 0 Å². The minimum Gasteiger partial charge on any atom is -0.292 e. The van der Waals surface area contributed by atoms with Crippen molar-refractivity contribution >= 4 is 65.5 Å². The topological polar surface area (TPSA) is 173 Å². The highest BCUT2D eigenvalue weighted by atomic mass is 32.2. The molecule has 4 N–H and O–H groups in total. The molecule has 0 saturated heterocycles. The number of benzene rings is 1. The summed E-state index contributed by atoms with van der Waals surface area (Å²) >= 11 is 1.98. The molecule has 6 heterocycles. The van der Waals surface area contributed by atoms with Crippen molar-refractivity contribution in [2.24, 2.45) is 0 Å². The molecule has 0 bridgehead atoms. The average molecular weight is 661 g/mol. The SMILES string of the molecule is N=C(SC(=N)c1ccc2c(ccc3nc(C(=N)SC(=N)c4cccc(-c5ccccn5)n4)ccc32)n1)c1cccc(-c2ccccn2)n1. The number of fused-ring (bicyclic) bond motifs is 3. The number of hydrogen-bond acceptors (Lipinski definition) is 12. The number of pyridine rings is 6. The van der Waals surface area contributed by atoms with Gasteiger partial charge in [0.05, 0.1) is 56.6 Å². The molecule has 0 unspecified atom stereocenters. The van der Waals surface area contributed by atoms with Gasteiger partial charge in [-0.15, -0.1) is 0 Å². The van der Waals surface area contributed by atoms with Gasteiger partial charge in [0, 0.05) is 23.2 Å². The van der Waals surface area contributed by atoms with Crippen molar-refractivity contribution < 1.29 is 0 Å². The van der Waals surface area contributed by atoms with Crippen molar-refractivity contribution in [2.45, 2.75) is 0 Å². The molecule has 230 valence electrons. The largest absolute Gasteiger partial charge is 0.292 e. The molecule has 0 radical (unpaired) electrons.